The zero-order valence-corrected chi connectivity index (χ0v) is 12.0. The molecule has 1 atom stereocenters. The first kappa shape index (κ1) is 13.0. The van der Waals surface area contributed by atoms with Gasteiger partial charge >= 0.3 is 0 Å². The number of likely N-dealkylation sites (N-methyl/N-ethyl adjacent to an activating group) is 1. The number of anilines is 1. The Morgan fingerprint density at radius 1 is 1.15 bits per heavy atom. The molecule has 0 saturated carbocycles. The van der Waals surface area contributed by atoms with E-state index in [2.05, 4.69) is 59.7 Å². The van der Waals surface area contributed by atoms with Gasteiger partial charge in [0.15, 0.2) is 0 Å². The first-order valence-electron chi connectivity index (χ1n) is 6.94. The van der Waals surface area contributed by atoms with Crippen LogP contribution in [0.15, 0.2) is 48.5 Å². The van der Waals surface area contributed by atoms with Crippen LogP contribution in [0.5, 0.6) is 5.75 Å². The summed E-state index contributed by atoms with van der Waals surface area (Å²) in [5.41, 5.74) is 3.84. The van der Waals surface area contributed by atoms with Crippen LogP contribution in [-0.2, 0) is 6.54 Å². The Morgan fingerprint density at radius 3 is 2.70 bits per heavy atom. The molecule has 0 amide bonds. The molecule has 0 aromatic heterocycles. The normalized spacial score (nSPS) is 18.8. The maximum atomic E-state index is 5.32. The lowest BCUT2D eigenvalue weighted by Crippen LogP contribution is -2.26. The van der Waals surface area contributed by atoms with Crippen LogP contribution < -0.4 is 10.1 Å². The summed E-state index contributed by atoms with van der Waals surface area (Å²) in [7, 11) is 3.89. The van der Waals surface area contributed by atoms with Crippen molar-refractivity contribution >= 4 is 5.69 Å². The summed E-state index contributed by atoms with van der Waals surface area (Å²) < 4.78 is 5.32. The van der Waals surface area contributed by atoms with E-state index in [0.29, 0.717) is 6.04 Å². The number of benzene rings is 2. The highest BCUT2D eigenvalue weighted by Crippen LogP contribution is 2.30. The van der Waals surface area contributed by atoms with Crippen molar-refractivity contribution in [3.8, 4) is 5.75 Å². The van der Waals surface area contributed by atoms with Crippen LogP contribution in [0.2, 0.25) is 0 Å². The van der Waals surface area contributed by atoms with E-state index in [9.17, 15) is 0 Å². The van der Waals surface area contributed by atoms with Crippen molar-refractivity contribution in [2.75, 3.05) is 26.0 Å². The molecule has 0 spiro atoms. The van der Waals surface area contributed by atoms with Gasteiger partial charge in [-0.1, -0.05) is 30.3 Å². The lowest BCUT2D eigenvalue weighted by molar-refractivity contribution is 0.251. The van der Waals surface area contributed by atoms with Gasteiger partial charge in [0, 0.05) is 18.8 Å². The van der Waals surface area contributed by atoms with Gasteiger partial charge in [-0.15, -0.1) is 0 Å². The number of nitrogens with zero attached hydrogens (tertiary/aromatic N) is 1. The number of hydrogen-bond donors (Lipinski definition) is 1. The number of ether oxygens (including phenoxy) is 1. The molecule has 0 bridgehead atoms. The summed E-state index contributed by atoms with van der Waals surface area (Å²) in [6.45, 7) is 1.83. The highest BCUT2D eigenvalue weighted by atomic mass is 16.5. The average molecular weight is 268 g/mol. The fourth-order valence-electron chi connectivity index (χ4n) is 2.79. The molecule has 1 aliphatic heterocycles. The molecular weight excluding hydrogens is 248 g/mol. The van der Waals surface area contributed by atoms with Gasteiger partial charge in [-0.25, -0.2) is 0 Å². The van der Waals surface area contributed by atoms with Crippen molar-refractivity contribution < 1.29 is 4.74 Å². The molecule has 1 aliphatic rings. The van der Waals surface area contributed by atoms with Crippen LogP contribution in [0.25, 0.3) is 0 Å². The average Bonchev–Trinajstić information content (AvgIpc) is 2.65. The topological polar surface area (TPSA) is 24.5 Å². The second kappa shape index (κ2) is 5.55. The maximum Gasteiger partial charge on any atom is 0.119 e. The molecule has 3 heteroatoms. The molecular formula is C17H20N2O. The standard InChI is InChI=1S/C17H20N2O/c1-19-12-14-10-15(20-2)8-9-16(14)18-11-17(19)13-6-4-3-5-7-13/h3-10,17-18H,11-12H2,1-2H3. The maximum absolute atomic E-state index is 5.32. The Labute approximate surface area is 120 Å². The second-order valence-electron chi connectivity index (χ2n) is 5.25. The van der Waals surface area contributed by atoms with E-state index in [1.165, 1.54) is 16.8 Å². The highest BCUT2D eigenvalue weighted by molar-refractivity contribution is 5.55. The van der Waals surface area contributed by atoms with Crippen LogP contribution in [-0.4, -0.2) is 25.6 Å². The van der Waals surface area contributed by atoms with E-state index in [-0.39, 0.29) is 0 Å². The van der Waals surface area contributed by atoms with Gasteiger partial charge < -0.3 is 10.1 Å². The first-order chi connectivity index (χ1) is 9.78. The minimum Gasteiger partial charge on any atom is -0.497 e. The Hall–Kier alpha value is -2.00. The zero-order valence-electron chi connectivity index (χ0n) is 12.0. The van der Waals surface area contributed by atoms with Crippen molar-refractivity contribution in [3.63, 3.8) is 0 Å². The molecule has 20 heavy (non-hydrogen) atoms. The summed E-state index contributed by atoms with van der Waals surface area (Å²) in [4.78, 5) is 2.38. The van der Waals surface area contributed by atoms with Gasteiger partial charge in [0.25, 0.3) is 0 Å². The predicted octanol–water partition coefficient (Wildman–Crippen LogP) is 3.29. The molecule has 0 saturated heterocycles. The van der Waals surface area contributed by atoms with Crippen molar-refractivity contribution in [2.24, 2.45) is 0 Å². The third-order valence-corrected chi connectivity index (χ3v) is 3.93. The summed E-state index contributed by atoms with van der Waals surface area (Å²) >= 11 is 0. The van der Waals surface area contributed by atoms with Crippen molar-refractivity contribution in [3.05, 3.63) is 59.7 Å². The quantitative estimate of drug-likeness (QED) is 0.904. The van der Waals surface area contributed by atoms with Crippen LogP contribution >= 0.6 is 0 Å². The molecule has 104 valence electrons. The van der Waals surface area contributed by atoms with Gasteiger partial charge in [-0.2, -0.15) is 0 Å². The lowest BCUT2D eigenvalue weighted by Gasteiger charge is -2.25. The largest absolute Gasteiger partial charge is 0.497 e. The molecule has 0 radical (unpaired) electrons. The summed E-state index contributed by atoms with van der Waals surface area (Å²) in [6.07, 6.45) is 0. The van der Waals surface area contributed by atoms with E-state index in [1.54, 1.807) is 7.11 Å². The van der Waals surface area contributed by atoms with Crippen molar-refractivity contribution in [1.82, 2.24) is 4.90 Å². The molecule has 2 aromatic rings. The van der Waals surface area contributed by atoms with E-state index >= 15 is 0 Å². The number of hydrogen-bond acceptors (Lipinski definition) is 3. The Morgan fingerprint density at radius 2 is 1.95 bits per heavy atom. The van der Waals surface area contributed by atoms with Crippen LogP contribution in [0, 0.1) is 0 Å². The Kier molecular flexibility index (Phi) is 3.61. The van der Waals surface area contributed by atoms with Crippen molar-refractivity contribution in [2.45, 2.75) is 12.6 Å². The van der Waals surface area contributed by atoms with Crippen LogP contribution in [0.4, 0.5) is 5.69 Å². The highest BCUT2D eigenvalue weighted by Gasteiger charge is 2.22. The van der Waals surface area contributed by atoms with Crippen molar-refractivity contribution in [1.29, 1.82) is 0 Å². The fraction of sp³-hybridized carbons (Fsp3) is 0.294. The van der Waals surface area contributed by atoms with Gasteiger partial charge in [-0.3, -0.25) is 4.90 Å². The lowest BCUT2D eigenvalue weighted by atomic mass is 10.1. The zero-order chi connectivity index (χ0) is 13.9. The van der Waals surface area contributed by atoms with E-state index in [4.69, 9.17) is 4.74 Å². The van der Waals surface area contributed by atoms with Gasteiger partial charge in [0.2, 0.25) is 0 Å². The summed E-state index contributed by atoms with van der Waals surface area (Å²) in [5.74, 6) is 0.914. The summed E-state index contributed by atoms with van der Waals surface area (Å²) in [6, 6.07) is 17.3. The first-order valence-corrected chi connectivity index (χ1v) is 6.94. The number of nitrogens with one attached hydrogen (secondary N) is 1. The van der Waals surface area contributed by atoms with Gasteiger partial charge in [0.05, 0.1) is 13.2 Å². The number of fused-ring (bicyclic) bond motifs is 1. The van der Waals surface area contributed by atoms with Gasteiger partial charge in [0.1, 0.15) is 5.75 Å². The van der Waals surface area contributed by atoms with Crippen LogP contribution in [0.1, 0.15) is 17.2 Å². The van der Waals surface area contributed by atoms with E-state index in [0.717, 1.165) is 18.8 Å². The number of rotatable bonds is 2. The monoisotopic (exact) mass is 268 g/mol. The minimum atomic E-state index is 0.384. The fourth-order valence-corrected chi connectivity index (χ4v) is 2.79. The molecule has 2 aromatic carbocycles. The predicted molar refractivity (Wildman–Crippen MR) is 82.1 cm³/mol. The number of methoxy groups -OCH3 is 1. The molecule has 0 fully saturated rings. The SMILES string of the molecule is COc1ccc2c(c1)CN(C)C(c1ccccc1)CN2. The Balaban J connectivity index is 1.88. The van der Waals surface area contributed by atoms with E-state index in [1.807, 2.05) is 6.07 Å². The molecule has 3 nitrogen and oxygen atoms in total. The van der Waals surface area contributed by atoms with Gasteiger partial charge in [-0.05, 0) is 36.4 Å². The third-order valence-electron chi connectivity index (χ3n) is 3.93. The van der Waals surface area contributed by atoms with E-state index < -0.39 is 0 Å². The van der Waals surface area contributed by atoms with Crippen LogP contribution in [0.3, 0.4) is 0 Å². The molecule has 1 heterocycles. The Bertz CT molecular complexity index is 583. The molecule has 0 aliphatic carbocycles. The minimum absolute atomic E-state index is 0.384. The molecule has 3 rings (SSSR count). The third kappa shape index (κ3) is 2.49. The molecule has 1 N–H and O–H groups in total. The molecule has 1 unspecified atom stereocenters. The summed E-state index contributed by atoms with van der Waals surface area (Å²) in [5, 5.41) is 3.56. The smallest absolute Gasteiger partial charge is 0.119 e. The second-order valence-corrected chi connectivity index (χ2v) is 5.25.